The zero-order valence-electron chi connectivity index (χ0n) is 11.5. The van der Waals surface area contributed by atoms with Crippen molar-refractivity contribution in [2.24, 2.45) is 0 Å². The van der Waals surface area contributed by atoms with Gasteiger partial charge in [-0.1, -0.05) is 30.3 Å². The third-order valence-corrected chi connectivity index (χ3v) is 3.09. The van der Waals surface area contributed by atoms with Gasteiger partial charge in [-0.25, -0.2) is 9.97 Å². The number of likely N-dealkylation sites (N-methyl/N-ethyl adjacent to an activating group) is 1. The minimum atomic E-state index is 0.367. The van der Waals surface area contributed by atoms with E-state index in [1.165, 1.54) is 5.56 Å². The maximum Gasteiger partial charge on any atom is 0.115 e. The summed E-state index contributed by atoms with van der Waals surface area (Å²) >= 11 is 0. The standard InChI is InChI=1S/C15H20N4/c1-19(2)15(14-6-4-3-5-7-14)11-16-8-13-9-17-12-18-10-13/h3-7,9-10,12,15-16H,8,11H2,1-2H3. The second kappa shape index (κ2) is 6.97. The minimum Gasteiger partial charge on any atom is -0.311 e. The van der Waals surface area contributed by atoms with E-state index in [1.54, 1.807) is 6.33 Å². The molecule has 1 heterocycles. The zero-order valence-corrected chi connectivity index (χ0v) is 11.5. The highest BCUT2D eigenvalue weighted by atomic mass is 15.1. The largest absolute Gasteiger partial charge is 0.311 e. The van der Waals surface area contributed by atoms with Crippen molar-refractivity contribution in [2.75, 3.05) is 20.6 Å². The summed E-state index contributed by atoms with van der Waals surface area (Å²) in [5, 5.41) is 3.46. The Bertz CT molecular complexity index is 470. The van der Waals surface area contributed by atoms with Crippen molar-refractivity contribution in [1.82, 2.24) is 20.2 Å². The van der Waals surface area contributed by atoms with Crippen molar-refractivity contribution < 1.29 is 0 Å². The van der Waals surface area contributed by atoms with Crippen LogP contribution in [0.2, 0.25) is 0 Å². The molecule has 0 saturated carbocycles. The normalized spacial score (nSPS) is 12.6. The van der Waals surface area contributed by atoms with E-state index in [0.29, 0.717) is 6.04 Å². The van der Waals surface area contributed by atoms with Crippen LogP contribution in [0.25, 0.3) is 0 Å². The first kappa shape index (κ1) is 13.6. The molecule has 4 nitrogen and oxygen atoms in total. The number of hydrogen-bond acceptors (Lipinski definition) is 4. The molecule has 2 aromatic rings. The summed E-state index contributed by atoms with van der Waals surface area (Å²) in [6.45, 7) is 1.68. The van der Waals surface area contributed by atoms with Gasteiger partial charge in [-0.3, -0.25) is 0 Å². The van der Waals surface area contributed by atoms with Crippen molar-refractivity contribution in [2.45, 2.75) is 12.6 Å². The summed E-state index contributed by atoms with van der Waals surface area (Å²) < 4.78 is 0. The molecule has 0 fully saturated rings. The van der Waals surface area contributed by atoms with Gasteiger partial charge in [0.2, 0.25) is 0 Å². The highest BCUT2D eigenvalue weighted by Crippen LogP contribution is 2.16. The van der Waals surface area contributed by atoms with Gasteiger partial charge in [0, 0.05) is 37.1 Å². The number of benzene rings is 1. The predicted molar refractivity (Wildman–Crippen MR) is 76.6 cm³/mol. The van der Waals surface area contributed by atoms with E-state index < -0.39 is 0 Å². The molecule has 100 valence electrons. The fourth-order valence-corrected chi connectivity index (χ4v) is 2.05. The first-order valence-corrected chi connectivity index (χ1v) is 6.43. The van der Waals surface area contributed by atoms with Crippen molar-refractivity contribution >= 4 is 0 Å². The van der Waals surface area contributed by atoms with Crippen LogP contribution in [-0.2, 0) is 6.54 Å². The van der Waals surface area contributed by atoms with E-state index in [1.807, 2.05) is 18.5 Å². The monoisotopic (exact) mass is 256 g/mol. The van der Waals surface area contributed by atoms with Crippen molar-refractivity contribution in [3.63, 3.8) is 0 Å². The lowest BCUT2D eigenvalue weighted by molar-refractivity contribution is 0.288. The van der Waals surface area contributed by atoms with Crippen LogP contribution in [0.4, 0.5) is 0 Å². The van der Waals surface area contributed by atoms with Crippen LogP contribution in [0.3, 0.4) is 0 Å². The summed E-state index contributed by atoms with van der Waals surface area (Å²) in [5.41, 5.74) is 2.43. The third-order valence-electron chi connectivity index (χ3n) is 3.09. The Morgan fingerprint density at radius 1 is 1.11 bits per heavy atom. The molecule has 0 radical (unpaired) electrons. The Morgan fingerprint density at radius 3 is 2.42 bits per heavy atom. The van der Waals surface area contributed by atoms with Crippen molar-refractivity contribution in [3.8, 4) is 0 Å². The van der Waals surface area contributed by atoms with E-state index in [9.17, 15) is 0 Å². The lowest BCUT2D eigenvalue weighted by Crippen LogP contribution is -2.30. The smallest absolute Gasteiger partial charge is 0.115 e. The first-order chi connectivity index (χ1) is 9.27. The fraction of sp³-hybridized carbons (Fsp3) is 0.333. The third kappa shape index (κ3) is 4.12. The van der Waals surface area contributed by atoms with Gasteiger partial charge in [-0.05, 0) is 19.7 Å². The Kier molecular flexibility index (Phi) is 5.01. The summed E-state index contributed by atoms with van der Waals surface area (Å²) in [6, 6.07) is 10.9. The molecule has 2 rings (SSSR count). The highest BCUT2D eigenvalue weighted by Gasteiger charge is 2.12. The Balaban J connectivity index is 1.92. The molecule has 0 aliphatic heterocycles. The quantitative estimate of drug-likeness (QED) is 0.856. The molecule has 1 N–H and O–H groups in total. The van der Waals surface area contributed by atoms with Gasteiger partial charge in [0.05, 0.1) is 0 Å². The number of rotatable bonds is 6. The maximum absolute atomic E-state index is 4.01. The van der Waals surface area contributed by atoms with Crippen LogP contribution in [-0.4, -0.2) is 35.5 Å². The second-order valence-corrected chi connectivity index (χ2v) is 4.77. The molecular formula is C15H20N4. The van der Waals surface area contributed by atoms with Gasteiger partial charge in [0.1, 0.15) is 6.33 Å². The molecular weight excluding hydrogens is 236 g/mol. The van der Waals surface area contributed by atoms with Crippen LogP contribution in [0, 0.1) is 0 Å². The number of aromatic nitrogens is 2. The molecule has 1 atom stereocenters. The highest BCUT2D eigenvalue weighted by molar-refractivity contribution is 5.19. The molecule has 1 unspecified atom stereocenters. The molecule has 19 heavy (non-hydrogen) atoms. The molecule has 0 bridgehead atoms. The molecule has 0 spiro atoms. The van der Waals surface area contributed by atoms with Gasteiger partial charge in [0.15, 0.2) is 0 Å². The zero-order chi connectivity index (χ0) is 13.5. The lowest BCUT2D eigenvalue weighted by Gasteiger charge is -2.25. The Morgan fingerprint density at radius 2 is 1.79 bits per heavy atom. The topological polar surface area (TPSA) is 41.0 Å². The van der Waals surface area contributed by atoms with E-state index in [-0.39, 0.29) is 0 Å². The number of nitrogens with zero attached hydrogens (tertiary/aromatic N) is 3. The van der Waals surface area contributed by atoms with Crippen LogP contribution in [0.15, 0.2) is 49.1 Å². The molecule has 0 aliphatic rings. The maximum atomic E-state index is 4.01. The van der Waals surface area contributed by atoms with E-state index in [4.69, 9.17) is 0 Å². The number of hydrogen-bond donors (Lipinski definition) is 1. The van der Waals surface area contributed by atoms with Gasteiger partial charge in [-0.2, -0.15) is 0 Å². The van der Waals surface area contributed by atoms with Crippen molar-refractivity contribution in [3.05, 3.63) is 60.2 Å². The number of nitrogens with one attached hydrogen (secondary N) is 1. The van der Waals surface area contributed by atoms with Crippen LogP contribution >= 0.6 is 0 Å². The summed E-state index contributed by atoms with van der Waals surface area (Å²) in [6.07, 6.45) is 5.23. The minimum absolute atomic E-state index is 0.367. The summed E-state index contributed by atoms with van der Waals surface area (Å²) in [7, 11) is 4.20. The summed E-state index contributed by atoms with van der Waals surface area (Å²) in [5.74, 6) is 0. The van der Waals surface area contributed by atoms with Gasteiger partial charge < -0.3 is 10.2 Å². The van der Waals surface area contributed by atoms with Crippen molar-refractivity contribution in [1.29, 1.82) is 0 Å². The average molecular weight is 256 g/mol. The van der Waals surface area contributed by atoms with Crippen LogP contribution in [0.1, 0.15) is 17.2 Å². The molecule has 1 aromatic carbocycles. The first-order valence-electron chi connectivity index (χ1n) is 6.43. The average Bonchev–Trinajstić information content (AvgIpc) is 2.45. The van der Waals surface area contributed by atoms with Gasteiger partial charge >= 0.3 is 0 Å². The predicted octanol–water partition coefficient (Wildman–Crippen LogP) is 1.87. The van der Waals surface area contributed by atoms with E-state index in [2.05, 4.69) is 58.5 Å². The van der Waals surface area contributed by atoms with Crippen LogP contribution < -0.4 is 5.32 Å². The Labute approximate surface area is 114 Å². The Hall–Kier alpha value is -1.78. The van der Waals surface area contributed by atoms with E-state index >= 15 is 0 Å². The lowest BCUT2D eigenvalue weighted by atomic mass is 10.1. The molecule has 1 aromatic heterocycles. The molecule has 0 amide bonds. The summed E-state index contributed by atoms with van der Waals surface area (Å²) in [4.78, 5) is 10.3. The SMILES string of the molecule is CN(C)C(CNCc1cncnc1)c1ccccc1. The fourth-order valence-electron chi connectivity index (χ4n) is 2.05. The van der Waals surface area contributed by atoms with Gasteiger partial charge in [0.25, 0.3) is 0 Å². The molecule has 0 aliphatic carbocycles. The van der Waals surface area contributed by atoms with Gasteiger partial charge in [-0.15, -0.1) is 0 Å². The second-order valence-electron chi connectivity index (χ2n) is 4.77. The molecule has 0 saturated heterocycles. The van der Waals surface area contributed by atoms with E-state index in [0.717, 1.165) is 18.7 Å². The van der Waals surface area contributed by atoms with Crippen LogP contribution in [0.5, 0.6) is 0 Å². The molecule has 4 heteroatoms.